The summed E-state index contributed by atoms with van der Waals surface area (Å²) >= 11 is 1.68. The molecule has 1 N–H and O–H groups in total. The number of hydrogen-bond donors (Lipinski definition) is 1. The number of benzene rings is 1. The minimum atomic E-state index is -0.656. The number of carbonyl (C=O) groups excluding carboxylic acids is 1. The van der Waals surface area contributed by atoms with Crippen LogP contribution in [0.4, 0.5) is 0 Å². The summed E-state index contributed by atoms with van der Waals surface area (Å²) < 4.78 is 5.13. The molecule has 0 saturated heterocycles. The van der Waals surface area contributed by atoms with Gasteiger partial charge in [-0.15, -0.1) is 11.8 Å². The maximum Gasteiger partial charge on any atom is 0.326 e. The minimum absolute atomic E-state index is 0.199. The lowest BCUT2D eigenvalue weighted by Gasteiger charge is -2.26. The summed E-state index contributed by atoms with van der Waals surface area (Å²) in [5.41, 5.74) is 1.81. The van der Waals surface area contributed by atoms with Crippen LogP contribution in [0.3, 0.4) is 0 Å². The van der Waals surface area contributed by atoms with E-state index in [1.807, 2.05) is 13.8 Å². The Bertz CT molecular complexity index is 448. The molecule has 4 heteroatoms. The van der Waals surface area contributed by atoms with E-state index >= 15 is 0 Å². The van der Waals surface area contributed by atoms with Crippen LogP contribution in [0.2, 0.25) is 0 Å². The molecule has 106 valence electrons. The van der Waals surface area contributed by atoms with Crippen molar-refractivity contribution < 1.29 is 9.53 Å². The van der Waals surface area contributed by atoms with Gasteiger partial charge in [-0.25, -0.2) is 0 Å². The molecule has 1 rings (SSSR count). The van der Waals surface area contributed by atoms with Crippen molar-refractivity contribution in [1.82, 2.24) is 5.32 Å². The normalized spacial score (nSPS) is 13.9. The van der Waals surface area contributed by atoms with Crippen LogP contribution in [0.15, 0.2) is 23.1 Å². The number of esters is 1. The predicted octanol–water partition coefficient (Wildman–Crippen LogP) is 2.94. The molecular weight excluding hydrogens is 258 g/mol. The Morgan fingerprint density at radius 2 is 2.11 bits per heavy atom. The molecule has 1 aromatic carbocycles. The van der Waals surface area contributed by atoms with Crippen LogP contribution in [-0.4, -0.2) is 30.9 Å². The number of hydrogen-bond acceptors (Lipinski definition) is 4. The van der Waals surface area contributed by atoms with Gasteiger partial charge in [0.2, 0.25) is 0 Å². The zero-order valence-electron chi connectivity index (χ0n) is 12.4. The second kappa shape index (κ2) is 6.96. The monoisotopic (exact) mass is 281 g/mol. The number of rotatable bonds is 6. The fourth-order valence-corrected chi connectivity index (χ4v) is 2.88. The molecule has 1 unspecified atom stereocenters. The van der Waals surface area contributed by atoms with Crippen molar-refractivity contribution in [2.45, 2.75) is 38.1 Å². The van der Waals surface area contributed by atoms with Gasteiger partial charge in [-0.1, -0.05) is 17.7 Å². The topological polar surface area (TPSA) is 38.3 Å². The summed E-state index contributed by atoms with van der Waals surface area (Å²) in [5, 5.41) is 3.07. The molecule has 0 aliphatic carbocycles. The quantitative estimate of drug-likeness (QED) is 0.643. The molecule has 0 amide bonds. The third-order valence-corrected chi connectivity index (χ3v) is 4.61. The number of ether oxygens (including phenoxy) is 1. The summed E-state index contributed by atoms with van der Waals surface area (Å²) in [7, 11) is 1.79. The molecule has 3 nitrogen and oxygen atoms in total. The van der Waals surface area contributed by atoms with Crippen LogP contribution in [0.5, 0.6) is 0 Å². The molecule has 1 atom stereocenters. The van der Waals surface area contributed by atoms with Crippen LogP contribution >= 0.6 is 11.8 Å². The first-order chi connectivity index (χ1) is 8.92. The Kier molecular flexibility index (Phi) is 5.88. The van der Waals surface area contributed by atoms with E-state index in [9.17, 15) is 4.79 Å². The summed E-state index contributed by atoms with van der Waals surface area (Å²) in [5.74, 6) is 0.447. The van der Waals surface area contributed by atoms with E-state index in [0.29, 0.717) is 12.4 Å². The highest BCUT2D eigenvalue weighted by atomic mass is 32.2. The van der Waals surface area contributed by atoms with Gasteiger partial charge < -0.3 is 10.1 Å². The van der Waals surface area contributed by atoms with Gasteiger partial charge in [-0.05, 0) is 46.4 Å². The highest BCUT2D eigenvalue weighted by Gasteiger charge is 2.33. The lowest BCUT2D eigenvalue weighted by Crippen LogP contribution is -2.50. The molecule has 0 bridgehead atoms. The number of carbonyl (C=O) groups is 1. The predicted molar refractivity (Wildman–Crippen MR) is 80.7 cm³/mol. The van der Waals surface area contributed by atoms with Gasteiger partial charge in [0.25, 0.3) is 0 Å². The van der Waals surface area contributed by atoms with Gasteiger partial charge in [-0.3, -0.25) is 4.79 Å². The highest BCUT2D eigenvalue weighted by Crippen LogP contribution is 2.27. The first-order valence-corrected chi connectivity index (χ1v) is 7.47. The lowest BCUT2D eigenvalue weighted by atomic mass is 10.1. The van der Waals surface area contributed by atoms with Crippen LogP contribution in [0.25, 0.3) is 0 Å². The number of nitrogens with one attached hydrogen (secondary N) is 1. The molecule has 0 aliphatic heterocycles. The molecule has 0 aliphatic rings. The van der Waals surface area contributed by atoms with E-state index in [2.05, 4.69) is 37.4 Å². The largest absolute Gasteiger partial charge is 0.465 e. The van der Waals surface area contributed by atoms with E-state index < -0.39 is 5.54 Å². The fourth-order valence-electron chi connectivity index (χ4n) is 1.61. The lowest BCUT2D eigenvalue weighted by molar-refractivity contribution is -0.149. The maximum atomic E-state index is 12.0. The van der Waals surface area contributed by atoms with Gasteiger partial charge in [0, 0.05) is 10.6 Å². The second-order valence-electron chi connectivity index (χ2n) is 4.86. The summed E-state index contributed by atoms with van der Waals surface area (Å²) in [6.45, 7) is 8.27. The third kappa shape index (κ3) is 4.25. The molecular formula is C15H23NO2S. The summed E-state index contributed by atoms with van der Waals surface area (Å²) in [4.78, 5) is 13.2. The van der Waals surface area contributed by atoms with Crippen molar-refractivity contribution in [2.75, 3.05) is 19.4 Å². The van der Waals surface area contributed by atoms with Crippen molar-refractivity contribution in [3.8, 4) is 0 Å². The Labute approximate surface area is 120 Å². The average molecular weight is 281 g/mol. The van der Waals surface area contributed by atoms with Gasteiger partial charge >= 0.3 is 5.97 Å². The molecule has 0 fully saturated rings. The number of likely N-dealkylation sites (N-methyl/N-ethyl adjacent to an activating group) is 1. The van der Waals surface area contributed by atoms with Crippen molar-refractivity contribution in [1.29, 1.82) is 0 Å². The Morgan fingerprint density at radius 1 is 1.42 bits per heavy atom. The van der Waals surface area contributed by atoms with Gasteiger partial charge in [-0.2, -0.15) is 0 Å². The maximum absolute atomic E-state index is 12.0. The molecule has 19 heavy (non-hydrogen) atoms. The Morgan fingerprint density at radius 3 is 2.68 bits per heavy atom. The SMILES string of the molecule is CCOC(=O)C(C)(CSc1cc(C)ccc1C)NC. The van der Waals surface area contributed by atoms with Crippen LogP contribution in [-0.2, 0) is 9.53 Å². The van der Waals surface area contributed by atoms with Crippen LogP contribution < -0.4 is 5.32 Å². The average Bonchev–Trinajstić information content (AvgIpc) is 2.39. The number of thioether (sulfide) groups is 1. The first kappa shape index (κ1) is 16.1. The van der Waals surface area contributed by atoms with Crippen LogP contribution in [0, 0.1) is 13.8 Å². The van der Waals surface area contributed by atoms with Gasteiger partial charge in [0.15, 0.2) is 0 Å². The standard InChI is InChI=1S/C15H23NO2S/c1-6-18-14(17)15(4,16-5)10-19-13-9-11(2)7-8-12(13)3/h7-9,16H,6,10H2,1-5H3. The molecule has 0 heterocycles. The Hall–Kier alpha value is -1.00. The van der Waals surface area contributed by atoms with Gasteiger partial charge in [0.1, 0.15) is 5.54 Å². The Balaban J connectivity index is 2.77. The van der Waals surface area contributed by atoms with E-state index in [4.69, 9.17) is 4.74 Å². The molecule has 0 aromatic heterocycles. The smallest absolute Gasteiger partial charge is 0.326 e. The zero-order chi connectivity index (χ0) is 14.5. The van der Waals surface area contributed by atoms with Crippen molar-refractivity contribution in [3.05, 3.63) is 29.3 Å². The van der Waals surface area contributed by atoms with Crippen molar-refractivity contribution in [3.63, 3.8) is 0 Å². The summed E-state index contributed by atoms with van der Waals surface area (Å²) in [6.07, 6.45) is 0. The molecule has 0 spiro atoms. The fraction of sp³-hybridized carbons (Fsp3) is 0.533. The minimum Gasteiger partial charge on any atom is -0.465 e. The van der Waals surface area contributed by atoms with Gasteiger partial charge in [0.05, 0.1) is 6.61 Å². The molecule has 0 saturated carbocycles. The van der Waals surface area contributed by atoms with Crippen molar-refractivity contribution in [2.24, 2.45) is 0 Å². The molecule has 0 radical (unpaired) electrons. The molecule has 1 aromatic rings. The van der Waals surface area contributed by atoms with E-state index in [0.717, 1.165) is 0 Å². The zero-order valence-corrected chi connectivity index (χ0v) is 13.2. The second-order valence-corrected chi connectivity index (χ2v) is 5.88. The van der Waals surface area contributed by atoms with Crippen LogP contribution in [0.1, 0.15) is 25.0 Å². The van der Waals surface area contributed by atoms with Crippen molar-refractivity contribution >= 4 is 17.7 Å². The van der Waals surface area contributed by atoms with E-state index in [1.165, 1.54) is 16.0 Å². The number of aryl methyl sites for hydroxylation is 2. The third-order valence-electron chi connectivity index (χ3n) is 3.14. The first-order valence-electron chi connectivity index (χ1n) is 6.49. The highest BCUT2D eigenvalue weighted by molar-refractivity contribution is 7.99. The van der Waals surface area contributed by atoms with E-state index in [1.54, 1.807) is 18.8 Å². The summed E-state index contributed by atoms with van der Waals surface area (Å²) in [6, 6.07) is 6.36. The van der Waals surface area contributed by atoms with E-state index in [-0.39, 0.29) is 5.97 Å².